The first-order valence-corrected chi connectivity index (χ1v) is 6.17. The highest BCUT2D eigenvalue weighted by atomic mass is 35.5. The first-order chi connectivity index (χ1) is 9.55. The summed E-state index contributed by atoms with van der Waals surface area (Å²) in [6, 6.07) is 0. The number of rotatable bonds is 5. The van der Waals surface area contributed by atoms with Gasteiger partial charge < -0.3 is 26.8 Å². The lowest BCUT2D eigenvalue weighted by Crippen LogP contribution is -2.17. The normalized spacial score (nSPS) is 11.6. The van der Waals surface area contributed by atoms with E-state index in [1.54, 1.807) is 21.0 Å². The van der Waals surface area contributed by atoms with E-state index in [2.05, 4.69) is 35.9 Å². The third-order valence-electron chi connectivity index (χ3n) is 2.59. The van der Waals surface area contributed by atoms with Crippen LogP contribution in [0.4, 0.5) is 23.5 Å². The summed E-state index contributed by atoms with van der Waals surface area (Å²) < 4.78 is 0. The molecule has 2 rings (SSSR count). The lowest BCUT2D eigenvalue weighted by Gasteiger charge is -2.12. The molecule has 1 atom stereocenters. The van der Waals surface area contributed by atoms with Crippen LogP contribution in [0.5, 0.6) is 0 Å². The number of hydrogen-bond donors (Lipinski definition) is 5. The standard InChI is InChI=1S/C11H18N8O.ClH/c1-5(20)4-15-11-17-7-6(9(14-3)19-11)16-10(12)18-8(7)13-2;/h5,20H,4H2,1-3H3,(H3,12,13,16,18)(H2,14,15,17,19);1H/t5-;/m1./s1. The molecule has 0 aromatic carbocycles. The second kappa shape index (κ2) is 7.04. The van der Waals surface area contributed by atoms with Gasteiger partial charge in [0.25, 0.3) is 0 Å². The van der Waals surface area contributed by atoms with Crippen LogP contribution in [0.15, 0.2) is 0 Å². The third kappa shape index (κ3) is 3.70. The van der Waals surface area contributed by atoms with Gasteiger partial charge in [-0.1, -0.05) is 0 Å². The lowest BCUT2D eigenvalue weighted by atomic mass is 10.3. The molecule has 0 spiro atoms. The van der Waals surface area contributed by atoms with Crippen LogP contribution in [-0.2, 0) is 0 Å². The highest BCUT2D eigenvalue weighted by molar-refractivity contribution is 5.94. The fraction of sp³-hybridized carbons (Fsp3) is 0.455. The fourth-order valence-corrected chi connectivity index (χ4v) is 1.70. The number of aromatic nitrogens is 4. The Morgan fingerprint density at radius 1 is 1.05 bits per heavy atom. The predicted octanol–water partition coefficient (Wildman–Crippen LogP) is 0.300. The molecular weight excluding hydrogens is 296 g/mol. The van der Waals surface area contributed by atoms with Gasteiger partial charge in [0.2, 0.25) is 11.9 Å². The zero-order chi connectivity index (χ0) is 14.7. The van der Waals surface area contributed by atoms with Crippen molar-refractivity contribution in [3.63, 3.8) is 0 Å². The zero-order valence-corrected chi connectivity index (χ0v) is 12.8. The first kappa shape index (κ1) is 16.9. The Morgan fingerprint density at radius 3 is 2.19 bits per heavy atom. The summed E-state index contributed by atoms with van der Waals surface area (Å²) in [7, 11) is 3.46. The first-order valence-electron chi connectivity index (χ1n) is 6.17. The minimum atomic E-state index is -0.501. The van der Waals surface area contributed by atoms with Crippen molar-refractivity contribution in [2.24, 2.45) is 0 Å². The minimum Gasteiger partial charge on any atom is -0.392 e. The van der Waals surface area contributed by atoms with Crippen molar-refractivity contribution in [2.75, 3.05) is 42.3 Å². The summed E-state index contributed by atoms with van der Waals surface area (Å²) in [6.07, 6.45) is -0.501. The van der Waals surface area contributed by atoms with E-state index in [4.69, 9.17) is 5.73 Å². The van der Waals surface area contributed by atoms with E-state index in [-0.39, 0.29) is 18.4 Å². The van der Waals surface area contributed by atoms with Crippen LogP contribution in [0.1, 0.15) is 6.92 Å². The number of fused-ring (bicyclic) bond motifs is 1. The molecule has 21 heavy (non-hydrogen) atoms. The van der Waals surface area contributed by atoms with Gasteiger partial charge >= 0.3 is 0 Å². The fourth-order valence-electron chi connectivity index (χ4n) is 1.70. The van der Waals surface area contributed by atoms with Crippen LogP contribution in [0.3, 0.4) is 0 Å². The van der Waals surface area contributed by atoms with Gasteiger partial charge in [0.15, 0.2) is 11.6 Å². The molecule has 2 heterocycles. The molecule has 2 aromatic heterocycles. The molecule has 0 unspecified atom stereocenters. The van der Waals surface area contributed by atoms with E-state index in [1.807, 2.05) is 0 Å². The molecule has 0 fully saturated rings. The number of nitrogens with zero attached hydrogens (tertiary/aromatic N) is 4. The number of nitrogens with two attached hydrogens (primary N) is 1. The van der Waals surface area contributed by atoms with Gasteiger partial charge in [-0.3, -0.25) is 0 Å². The highest BCUT2D eigenvalue weighted by Gasteiger charge is 2.13. The van der Waals surface area contributed by atoms with Crippen molar-refractivity contribution in [1.29, 1.82) is 0 Å². The Kier molecular flexibility index (Phi) is 5.68. The summed E-state index contributed by atoms with van der Waals surface area (Å²) in [6.45, 7) is 2.02. The van der Waals surface area contributed by atoms with Gasteiger partial charge in [0, 0.05) is 20.6 Å². The number of aliphatic hydroxyl groups excluding tert-OH is 1. The quantitative estimate of drug-likeness (QED) is 0.528. The van der Waals surface area contributed by atoms with Crippen molar-refractivity contribution in [1.82, 2.24) is 19.9 Å². The molecule has 0 aliphatic carbocycles. The van der Waals surface area contributed by atoms with E-state index in [1.165, 1.54) is 0 Å². The predicted molar refractivity (Wildman–Crippen MR) is 86.1 cm³/mol. The van der Waals surface area contributed by atoms with E-state index in [0.717, 1.165) is 0 Å². The number of halogens is 1. The Bertz CT molecular complexity index is 621. The van der Waals surface area contributed by atoms with Crippen LogP contribution >= 0.6 is 12.4 Å². The van der Waals surface area contributed by atoms with E-state index < -0.39 is 6.10 Å². The molecule has 10 heteroatoms. The molecular formula is C11H19ClN8O. The van der Waals surface area contributed by atoms with E-state index in [9.17, 15) is 5.11 Å². The Morgan fingerprint density at radius 2 is 1.62 bits per heavy atom. The van der Waals surface area contributed by atoms with Crippen molar-refractivity contribution < 1.29 is 5.11 Å². The van der Waals surface area contributed by atoms with Gasteiger partial charge in [0.1, 0.15) is 11.0 Å². The van der Waals surface area contributed by atoms with Crippen molar-refractivity contribution in [3.05, 3.63) is 0 Å². The van der Waals surface area contributed by atoms with Gasteiger partial charge in [0.05, 0.1) is 6.10 Å². The van der Waals surface area contributed by atoms with Crippen LogP contribution in [0, 0.1) is 0 Å². The second-order valence-corrected chi connectivity index (χ2v) is 4.25. The molecule has 0 bridgehead atoms. The maximum atomic E-state index is 9.30. The number of aliphatic hydroxyl groups is 1. The minimum absolute atomic E-state index is 0. The zero-order valence-electron chi connectivity index (χ0n) is 12.0. The van der Waals surface area contributed by atoms with Crippen molar-refractivity contribution in [3.8, 4) is 0 Å². The molecule has 9 nitrogen and oxygen atoms in total. The SMILES string of the molecule is CNc1nc(NC[C@@H](C)O)nc2c(NC)nc(N)nc12.Cl. The van der Waals surface area contributed by atoms with Crippen molar-refractivity contribution >= 4 is 47.0 Å². The molecule has 0 radical (unpaired) electrons. The molecule has 116 valence electrons. The molecule has 2 aromatic rings. The summed E-state index contributed by atoms with van der Waals surface area (Å²) in [4.78, 5) is 16.9. The number of anilines is 4. The Balaban J connectivity index is 0.00000220. The molecule has 0 saturated heterocycles. The van der Waals surface area contributed by atoms with Gasteiger partial charge in [-0.15, -0.1) is 12.4 Å². The lowest BCUT2D eigenvalue weighted by molar-refractivity contribution is 0.208. The van der Waals surface area contributed by atoms with E-state index >= 15 is 0 Å². The maximum Gasteiger partial charge on any atom is 0.225 e. The number of nitrogens with one attached hydrogen (secondary N) is 3. The summed E-state index contributed by atoms with van der Waals surface area (Å²) in [5, 5.41) is 18.1. The Hall–Kier alpha value is -2.13. The van der Waals surface area contributed by atoms with Gasteiger partial charge in [-0.25, -0.2) is 9.97 Å². The summed E-state index contributed by atoms with van der Waals surface area (Å²) in [5.41, 5.74) is 6.75. The molecule has 0 amide bonds. The van der Waals surface area contributed by atoms with Crippen LogP contribution in [-0.4, -0.2) is 51.8 Å². The smallest absolute Gasteiger partial charge is 0.225 e. The van der Waals surface area contributed by atoms with Gasteiger partial charge in [-0.2, -0.15) is 9.97 Å². The average molecular weight is 315 g/mol. The van der Waals surface area contributed by atoms with Crippen LogP contribution in [0.2, 0.25) is 0 Å². The average Bonchev–Trinajstić information content (AvgIpc) is 2.43. The number of nitrogen functional groups attached to an aromatic ring is 1. The van der Waals surface area contributed by atoms with Crippen LogP contribution in [0.25, 0.3) is 11.0 Å². The van der Waals surface area contributed by atoms with Gasteiger partial charge in [-0.05, 0) is 6.92 Å². The second-order valence-electron chi connectivity index (χ2n) is 4.25. The molecule has 0 aliphatic heterocycles. The third-order valence-corrected chi connectivity index (χ3v) is 2.59. The number of hydrogen-bond acceptors (Lipinski definition) is 9. The monoisotopic (exact) mass is 314 g/mol. The largest absolute Gasteiger partial charge is 0.392 e. The maximum absolute atomic E-state index is 9.30. The van der Waals surface area contributed by atoms with Crippen LogP contribution < -0.4 is 21.7 Å². The van der Waals surface area contributed by atoms with E-state index in [0.29, 0.717) is 35.2 Å². The molecule has 0 aliphatic rings. The Labute approximate surface area is 128 Å². The summed E-state index contributed by atoms with van der Waals surface area (Å²) in [5.74, 6) is 1.58. The highest BCUT2D eigenvalue weighted by Crippen LogP contribution is 2.25. The molecule has 6 N–H and O–H groups in total. The van der Waals surface area contributed by atoms with Crippen molar-refractivity contribution in [2.45, 2.75) is 13.0 Å². The molecule has 0 saturated carbocycles. The summed E-state index contributed by atoms with van der Waals surface area (Å²) >= 11 is 0. The topological polar surface area (TPSA) is 134 Å².